The fraction of sp³-hybridized carbons (Fsp3) is 0.174. The number of nitrogens with one attached hydrogen (secondary N) is 1. The number of carbonyl (C=O) groups excluding carboxylic acids is 1. The average molecular weight is 463 g/mol. The number of methoxy groups -OCH3 is 1. The fourth-order valence-electron chi connectivity index (χ4n) is 3.01. The van der Waals surface area contributed by atoms with Gasteiger partial charge in [-0.05, 0) is 30.7 Å². The van der Waals surface area contributed by atoms with Gasteiger partial charge >= 0.3 is 5.97 Å². The largest absolute Gasteiger partial charge is 0.497 e. The van der Waals surface area contributed by atoms with Crippen LogP contribution in [0.4, 0.5) is 17.6 Å². The molecule has 0 amide bonds. The van der Waals surface area contributed by atoms with Crippen LogP contribution in [0.15, 0.2) is 53.9 Å². The van der Waals surface area contributed by atoms with Gasteiger partial charge in [0, 0.05) is 16.6 Å². The van der Waals surface area contributed by atoms with E-state index in [4.69, 9.17) is 15.2 Å². The predicted octanol–water partition coefficient (Wildman–Crippen LogP) is 3.92. The number of hydrogen-bond donors (Lipinski definition) is 2. The van der Waals surface area contributed by atoms with Crippen LogP contribution in [0, 0.1) is 6.92 Å². The first-order valence-electron chi connectivity index (χ1n) is 10.1. The summed E-state index contributed by atoms with van der Waals surface area (Å²) in [6.07, 6.45) is 0.0371. The molecule has 0 aliphatic rings. The Morgan fingerprint density at radius 2 is 1.94 bits per heavy atom. The lowest BCUT2D eigenvalue weighted by atomic mass is 10.2. The minimum Gasteiger partial charge on any atom is -0.497 e. The molecule has 0 saturated heterocycles. The quantitative estimate of drug-likeness (QED) is 0.375. The van der Waals surface area contributed by atoms with Gasteiger partial charge in [-0.2, -0.15) is 15.0 Å². The molecule has 10 heteroatoms. The predicted molar refractivity (Wildman–Crippen MR) is 126 cm³/mol. The monoisotopic (exact) mass is 462 g/mol. The summed E-state index contributed by atoms with van der Waals surface area (Å²) in [5, 5.41) is 5.74. The van der Waals surface area contributed by atoms with Crippen molar-refractivity contribution in [1.82, 2.24) is 19.9 Å². The standard InChI is InChI=1S/C23H22N6O3S/c1-14-6-3-4-9-18(14)26-23-28-19(27-22(24)29-23)12-32-20(30)11-16-13-33-21(25-16)15-7-5-8-17(10-15)31-2/h3-10,13H,11-12H2,1-2H3,(H3,24,26,27,28,29). The Hall–Kier alpha value is -4.05. The number of anilines is 3. The van der Waals surface area contributed by atoms with Crippen molar-refractivity contribution in [2.45, 2.75) is 20.0 Å². The minimum absolute atomic E-state index is 0.0366. The highest BCUT2D eigenvalue weighted by Crippen LogP contribution is 2.27. The highest BCUT2D eigenvalue weighted by atomic mass is 32.1. The number of para-hydroxylation sites is 1. The van der Waals surface area contributed by atoms with Gasteiger partial charge in [0.25, 0.3) is 0 Å². The summed E-state index contributed by atoms with van der Waals surface area (Å²) in [5.74, 6) is 0.878. The van der Waals surface area contributed by atoms with E-state index in [1.165, 1.54) is 11.3 Å². The van der Waals surface area contributed by atoms with E-state index in [9.17, 15) is 4.79 Å². The number of rotatable bonds is 8. The second kappa shape index (κ2) is 10.0. The number of carbonyl (C=O) groups is 1. The van der Waals surface area contributed by atoms with Gasteiger partial charge in [-0.15, -0.1) is 11.3 Å². The lowest BCUT2D eigenvalue weighted by Crippen LogP contribution is -2.12. The smallest absolute Gasteiger partial charge is 0.312 e. The molecule has 4 rings (SSSR count). The Bertz CT molecular complexity index is 1280. The number of benzene rings is 2. The number of nitrogen functional groups attached to an aromatic ring is 1. The molecule has 0 spiro atoms. The highest BCUT2D eigenvalue weighted by Gasteiger charge is 2.13. The maximum Gasteiger partial charge on any atom is 0.312 e. The van der Waals surface area contributed by atoms with Gasteiger partial charge in [0.2, 0.25) is 11.9 Å². The zero-order valence-corrected chi connectivity index (χ0v) is 18.9. The van der Waals surface area contributed by atoms with Gasteiger partial charge in [0.15, 0.2) is 12.4 Å². The number of esters is 1. The van der Waals surface area contributed by atoms with Gasteiger partial charge in [0.05, 0.1) is 19.2 Å². The van der Waals surface area contributed by atoms with E-state index in [-0.39, 0.29) is 30.7 Å². The fourth-order valence-corrected chi connectivity index (χ4v) is 3.83. The van der Waals surface area contributed by atoms with Crippen molar-refractivity contribution >= 4 is 34.9 Å². The van der Waals surface area contributed by atoms with Gasteiger partial charge in [-0.25, -0.2) is 4.98 Å². The topological polar surface area (TPSA) is 125 Å². The van der Waals surface area contributed by atoms with Crippen LogP contribution in [0.5, 0.6) is 5.75 Å². The maximum atomic E-state index is 12.3. The first-order chi connectivity index (χ1) is 16.0. The Balaban J connectivity index is 1.37. The Morgan fingerprint density at radius 3 is 2.76 bits per heavy atom. The number of ether oxygens (including phenoxy) is 2. The van der Waals surface area contributed by atoms with Gasteiger partial charge in [-0.3, -0.25) is 4.79 Å². The van der Waals surface area contributed by atoms with Crippen molar-refractivity contribution < 1.29 is 14.3 Å². The first kappa shape index (κ1) is 22.2. The van der Waals surface area contributed by atoms with Crippen LogP contribution in [0.2, 0.25) is 0 Å². The third-order valence-corrected chi connectivity index (χ3v) is 5.59. The summed E-state index contributed by atoms with van der Waals surface area (Å²) >= 11 is 1.45. The van der Waals surface area contributed by atoms with Crippen LogP contribution in [0.1, 0.15) is 17.1 Å². The number of aryl methyl sites for hydroxylation is 1. The third kappa shape index (κ3) is 5.80. The van der Waals surface area contributed by atoms with Crippen LogP contribution in [-0.2, 0) is 22.6 Å². The van der Waals surface area contributed by atoms with Crippen molar-refractivity contribution in [2.24, 2.45) is 0 Å². The third-order valence-electron chi connectivity index (χ3n) is 4.65. The Kier molecular flexibility index (Phi) is 6.75. The second-order valence-corrected chi connectivity index (χ2v) is 7.94. The molecule has 2 aromatic carbocycles. The number of aromatic nitrogens is 4. The zero-order chi connectivity index (χ0) is 23.2. The number of nitrogens with two attached hydrogens (primary N) is 1. The summed E-state index contributed by atoms with van der Waals surface area (Å²) in [6.45, 7) is 1.84. The summed E-state index contributed by atoms with van der Waals surface area (Å²) in [6, 6.07) is 15.3. The van der Waals surface area contributed by atoms with E-state index >= 15 is 0 Å². The lowest BCUT2D eigenvalue weighted by molar-refractivity contribution is -0.144. The summed E-state index contributed by atoms with van der Waals surface area (Å²) in [7, 11) is 1.62. The highest BCUT2D eigenvalue weighted by molar-refractivity contribution is 7.13. The van der Waals surface area contributed by atoms with E-state index in [2.05, 4.69) is 25.3 Å². The van der Waals surface area contributed by atoms with Crippen molar-refractivity contribution in [3.05, 3.63) is 71.0 Å². The molecule has 0 unspecified atom stereocenters. The molecule has 168 valence electrons. The molecule has 0 aliphatic heterocycles. The van der Waals surface area contributed by atoms with Gasteiger partial charge in [-0.1, -0.05) is 30.3 Å². The van der Waals surface area contributed by atoms with Gasteiger partial charge in [0.1, 0.15) is 10.8 Å². The summed E-state index contributed by atoms with van der Waals surface area (Å²) < 4.78 is 10.6. The van der Waals surface area contributed by atoms with Crippen molar-refractivity contribution in [3.8, 4) is 16.3 Å². The summed E-state index contributed by atoms with van der Waals surface area (Å²) in [4.78, 5) is 29.3. The SMILES string of the molecule is COc1cccc(-c2nc(CC(=O)OCc3nc(N)nc(Nc4ccccc4C)n3)cs2)c1. The molecule has 3 N–H and O–H groups in total. The Labute approximate surface area is 194 Å². The molecule has 9 nitrogen and oxygen atoms in total. The summed E-state index contributed by atoms with van der Waals surface area (Å²) in [5.41, 5.74) is 9.23. The Morgan fingerprint density at radius 1 is 1.09 bits per heavy atom. The molecule has 4 aromatic rings. The maximum absolute atomic E-state index is 12.3. The van der Waals surface area contributed by atoms with Crippen LogP contribution in [0.3, 0.4) is 0 Å². The molecule has 0 aliphatic carbocycles. The molecule has 0 bridgehead atoms. The van der Waals surface area contributed by atoms with Crippen molar-refractivity contribution in [2.75, 3.05) is 18.2 Å². The van der Waals surface area contributed by atoms with Crippen molar-refractivity contribution in [3.63, 3.8) is 0 Å². The average Bonchev–Trinajstić information content (AvgIpc) is 3.27. The number of nitrogens with zero attached hydrogens (tertiary/aromatic N) is 4. The van der Waals surface area contributed by atoms with Crippen LogP contribution < -0.4 is 15.8 Å². The van der Waals surface area contributed by atoms with Crippen LogP contribution in [0.25, 0.3) is 10.6 Å². The molecule has 0 saturated carbocycles. The van der Waals surface area contributed by atoms with E-state index in [0.717, 1.165) is 27.6 Å². The molecular weight excluding hydrogens is 440 g/mol. The molecule has 0 atom stereocenters. The second-order valence-electron chi connectivity index (χ2n) is 7.09. The molecule has 0 radical (unpaired) electrons. The van der Waals surface area contributed by atoms with Crippen molar-refractivity contribution in [1.29, 1.82) is 0 Å². The normalized spacial score (nSPS) is 10.6. The van der Waals surface area contributed by atoms with Crippen LogP contribution in [-0.4, -0.2) is 33.0 Å². The first-order valence-corrected chi connectivity index (χ1v) is 11.0. The number of thiazole rings is 1. The number of hydrogen-bond acceptors (Lipinski definition) is 10. The van der Waals surface area contributed by atoms with E-state index in [1.807, 2.05) is 60.8 Å². The molecular formula is C23H22N6O3S. The van der Waals surface area contributed by atoms with E-state index < -0.39 is 5.97 Å². The minimum atomic E-state index is -0.440. The van der Waals surface area contributed by atoms with Gasteiger partial charge < -0.3 is 20.5 Å². The molecule has 2 heterocycles. The molecule has 2 aromatic heterocycles. The lowest BCUT2D eigenvalue weighted by Gasteiger charge is -2.09. The van der Waals surface area contributed by atoms with E-state index in [0.29, 0.717) is 5.69 Å². The van der Waals surface area contributed by atoms with Crippen LogP contribution >= 0.6 is 11.3 Å². The molecule has 33 heavy (non-hydrogen) atoms. The molecule has 0 fully saturated rings. The zero-order valence-electron chi connectivity index (χ0n) is 18.1. The van der Waals surface area contributed by atoms with E-state index in [1.54, 1.807) is 7.11 Å².